The van der Waals surface area contributed by atoms with Crippen molar-refractivity contribution in [1.29, 1.82) is 0 Å². The molecule has 0 saturated carbocycles. The molecule has 25 heavy (non-hydrogen) atoms. The minimum atomic E-state index is -0.0627. The van der Waals surface area contributed by atoms with Crippen LogP contribution in [0.15, 0.2) is 72.8 Å². The van der Waals surface area contributed by atoms with Gasteiger partial charge in [-0.05, 0) is 47.4 Å². The molecule has 0 radical (unpaired) electrons. The van der Waals surface area contributed by atoms with Crippen LogP contribution in [0.25, 0.3) is 0 Å². The minimum absolute atomic E-state index is 0.0417. The van der Waals surface area contributed by atoms with Crippen molar-refractivity contribution < 1.29 is 10.2 Å². The maximum absolute atomic E-state index is 10.0. The van der Waals surface area contributed by atoms with Gasteiger partial charge >= 0.3 is 0 Å². The minimum Gasteiger partial charge on any atom is -0.504 e. The van der Waals surface area contributed by atoms with Crippen molar-refractivity contribution >= 4 is 0 Å². The molecular weight excluding hydrogens is 310 g/mol. The number of phenolic OH excluding ortho intramolecular Hbond substituents is 2. The number of hydrogen-bond acceptors (Lipinski definition) is 3. The van der Waals surface area contributed by atoms with Crippen LogP contribution < -0.4 is 5.32 Å². The highest BCUT2D eigenvalue weighted by molar-refractivity contribution is 5.50. The molecule has 0 amide bonds. The Kier molecular flexibility index (Phi) is 4.16. The van der Waals surface area contributed by atoms with Crippen molar-refractivity contribution in [2.75, 3.05) is 6.54 Å². The van der Waals surface area contributed by atoms with E-state index in [9.17, 15) is 10.2 Å². The predicted molar refractivity (Wildman–Crippen MR) is 98.9 cm³/mol. The number of nitrogens with one attached hydrogen (secondary N) is 1. The van der Waals surface area contributed by atoms with E-state index in [2.05, 4.69) is 53.8 Å². The third-order valence-corrected chi connectivity index (χ3v) is 4.98. The second kappa shape index (κ2) is 6.61. The Balaban J connectivity index is 1.86. The van der Waals surface area contributed by atoms with Crippen molar-refractivity contribution in [3.05, 3.63) is 95.1 Å². The summed E-state index contributed by atoms with van der Waals surface area (Å²) in [6.45, 7) is 0.845. The maximum atomic E-state index is 10.0. The van der Waals surface area contributed by atoms with E-state index in [0.29, 0.717) is 0 Å². The summed E-state index contributed by atoms with van der Waals surface area (Å²) in [5.74, 6) is 0.0214. The van der Waals surface area contributed by atoms with Crippen LogP contribution in [-0.2, 0) is 6.42 Å². The van der Waals surface area contributed by atoms with Crippen molar-refractivity contribution in [2.24, 2.45) is 0 Å². The maximum Gasteiger partial charge on any atom is 0.157 e. The first kappa shape index (κ1) is 15.7. The molecule has 0 bridgehead atoms. The normalized spacial score (nSPS) is 16.6. The lowest BCUT2D eigenvalue weighted by Crippen LogP contribution is -2.34. The molecule has 126 valence electrons. The molecule has 1 aliphatic heterocycles. The largest absolute Gasteiger partial charge is 0.504 e. The molecule has 3 N–H and O–H groups in total. The molecule has 3 aromatic rings. The van der Waals surface area contributed by atoms with Crippen LogP contribution >= 0.6 is 0 Å². The van der Waals surface area contributed by atoms with E-state index >= 15 is 0 Å². The van der Waals surface area contributed by atoms with Crippen LogP contribution in [-0.4, -0.2) is 16.8 Å². The molecule has 1 aliphatic rings. The summed E-state index contributed by atoms with van der Waals surface area (Å²) in [6, 6.07) is 24.3. The molecule has 0 aliphatic carbocycles. The first-order valence-corrected chi connectivity index (χ1v) is 8.62. The standard InChI is InChI=1S/C22H21NO2/c24-19-13-17-11-12-23-22(18(17)14-20(19)25)21(15-7-3-1-4-8-15)16-9-5-2-6-10-16/h1-10,13-14,21-25H,11-12H2. The van der Waals surface area contributed by atoms with Crippen LogP contribution in [0.2, 0.25) is 0 Å². The summed E-state index contributed by atoms with van der Waals surface area (Å²) < 4.78 is 0. The number of hydrogen-bond donors (Lipinski definition) is 3. The topological polar surface area (TPSA) is 52.5 Å². The molecule has 0 aromatic heterocycles. The molecule has 1 unspecified atom stereocenters. The van der Waals surface area contributed by atoms with Gasteiger partial charge in [0.15, 0.2) is 11.5 Å². The van der Waals surface area contributed by atoms with E-state index in [1.807, 2.05) is 12.1 Å². The summed E-state index contributed by atoms with van der Waals surface area (Å²) >= 11 is 0. The second-order valence-corrected chi connectivity index (χ2v) is 6.52. The Hall–Kier alpha value is -2.78. The van der Waals surface area contributed by atoms with Crippen molar-refractivity contribution in [3.8, 4) is 11.5 Å². The van der Waals surface area contributed by atoms with E-state index in [1.165, 1.54) is 11.1 Å². The van der Waals surface area contributed by atoms with Crippen LogP contribution in [0.4, 0.5) is 0 Å². The molecule has 0 saturated heterocycles. The van der Waals surface area contributed by atoms with Gasteiger partial charge in [0.25, 0.3) is 0 Å². The molecule has 3 aromatic carbocycles. The van der Waals surface area contributed by atoms with Gasteiger partial charge in [0, 0.05) is 12.0 Å². The van der Waals surface area contributed by atoms with Gasteiger partial charge in [-0.3, -0.25) is 0 Å². The summed E-state index contributed by atoms with van der Waals surface area (Å²) in [5.41, 5.74) is 4.60. The van der Waals surface area contributed by atoms with Gasteiger partial charge < -0.3 is 15.5 Å². The molecule has 0 spiro atoms. The fraction of sp³-hybridized carbons (Fsp3) is 0.182. The zero-order chi connectivity index (χ0) is 17.2. The smallest absolute Gasteiger partial charge is 0.157 e. The lowest BCUT2D eigenvalue weighted by Gasteiger charge is -2.34. The summed E-state index contributed by atoms with van der Waals surface area (Å²) in [5, 5.41) is 23.5. The SMILES string of the molecule is Oc1cc2c(cc1O)C(C(c1ccccc1)c1ccccc1)NCC2. The van der Waals surface area contributed by atoms with Crippen LogP contribution in [0, 0.1) is 0 Å². The molecule has 4 rings (SSSR count). The zero-order valence-corrected chi connectivity index (χ0v) is 13.9. The highest BCUT2D eigenvalue weighted by atomic mass is 16.3. The third-order valence-electron chi connectivity index (χ3n) is 4.98. The van der Waals surface area contributed by atoms with Gasteiger partial charge in [0.05, 0.1) is 0 Å². The fourth-order valence-electron chi connectivity index (χ4n) is 3.81. The van der Waals surface area contributed by atoms with E-state index in [4.69, 9.17) is 0 Å². The number of aromatic hydroxyl groups is 2. The summed E-state index contributed by atoms with van der Waals surface area (Å²) in [4.78, 5) is 0. The Morgan fingerprint density at radius 3 is 1.96 bits per heavy atom. The first-order chi connectivity index (χ1) is 12.2. The lowest BCUT2D eigenvalue weighted by atomic mass is 9.78. The number of fused-ring (bicyclic) bond motifs is 1. The van der Waals surface area contributed by atoms with Gasteiger partial charge in [-0.15, -0.1) is 0 Å². The average molecular weight is 331 g/mol. The Morgan fingerprint density at radius 1 is 0.800 bits per heavy atom. The van der Waals surface area contributed by atoms with Crippen molar-refractivity contribution in [1.82, 2.24) is 5.32 Å². The molecule has 1 heterocycles. The van der Waals surface area contributed by atoms with Crippen molar-refractivity contribution in [2.45, 2.75) is 18.4 Å². The van der Waals surface area contributed by atoms with Gasteiger partial charge in [0.2, 0.25) is 0 Å². The van der Waals surface area contributed by atoms with Gasteiger partial charge in [-0.25, -0.2) is 0 Å². The van der Waals surface area contributed by atoms with Crippen molar-refractivity contribution in [3.63, 3.8) is 0 Å². The quantitative estimate of drug-likeness (QED) is 0.633. The number of benzene rings is 3. The first-order valence-electron chi connectivity index (χ1n) is 8.62. The number of rotatable bonds is 3. The van der Waals surface area contributed by atoms with Crippen LogP contribution in [0.5, 0.6) is 11.5 Å². The Labute approximate surface area is 147 Å². The Bertz CT molecular complexity index is 822. The summed E-state index contributed by atoms with van der Waals surface area (Å²) in [6.07, 6.45) is 0.843. The predicted octanol–water partition coefficient (Wildman–Crippen LogP) is 4.12. The van der Waals surface area contributed by atoms with E-state index in [1.54, 1.807) is 12.1 Å². The monoisotopic (exact) mass is 331 g/mol. The lowest BCUT2D eigenvalue weighted by molar-refractivity contribution is 0.396. The fourth-order valence-corrected chi connectivity index (χ4v) is 3.81. The van der Waals surface area contributed by atoms with Crippen LogP contribution in [0.1, 0.15) is 34.2 Å². The number of phenols is 2. The molecule has 3 heteroatoms. The summed E-state index contributed by atoms with van der Waals surface area (Å²) in [7, 11) is 0. The van der Waals surface area contributed by atoms with Gasteiger partial charge in [-0.2, -0.15) is 0 Å². The molecule has 0 fully saturated rings. The van der Waals surface area contributed by atoms with Crippen LogP contribution in [0.3, 0.4) is 0 Å². The molecule has 1 atom stereocenters. The van der Waals surface area contributed by atoms with Gasteiger partial charge in [-0.1, -0.05) is 60.7 Å². The van der Waals surface area contributed by atoms with Gasteiger partial charge in [0.1, 0.15) is 0 Å². The highest BCUT2D eigenvalue weighted by Crippen LogP contribution is 2.42. The van der Waals surface area contributed by atoms with E-state index in [0.717, 1.165) is 24.1 Å². The van der Waals surface area contributed by atoms with E-state index in [-0.39, 0.29) is 23.5 Å². The third kappa shape index (κ3) is 2.99. The Morgan fingerprint density at radius 2 is 1.36 bits per heavy atom. The highest BCUT2D eigenvalue weighted by Gasteiger charge is 2.30. The average Bonchev–Trinajstić information content (AvgIpc) is 2.65. The zero-order valence-electron chi connectivity index (χ0n) is 13.9. The molecule has 3 nitrogen and oxygen atoms in total. The van der Waals surface area contributed by atoms with E-state index < -0.39 is 0 Å². The second-order valence-electron chi connectivity index (χ2n) is 6.52. The molecular formula is C22H21NO2.